The number of amides is 4. The van der Waals surface area contributed by atoms with Crippen LogP contribution in [0.25, 0.3) is 0 Å². The van der Waals surface area contributed by atoms with E-state index < -0.39 is 23.4 Å². The molecule has 4 amide bonds. The zero-order chi connectivity index (χ0) is 18.6. The van der Waals surface area contributed by atoms with Crippen molar-refractivity contribution < 1.29 is 14.4 Å². The average molecular weight is 363 g/mol. The molecule has 0 spiro atoms. The van der Waals surface area contributed by atoms with Gasteiger partial charge < -0.3 is 10.6 Å². The number of unbranched alkanes of at least 4 members (excludes halogenated alkanes) is 1. The first-order chi connectivity index (χ1) is 11.8. The summed E-state index contributed by atoms with van der Waals surface area (Å²) in [5.41, 5.74) is -0.291. The minimum Gasteiger partial charge on any atom is -0.324 e. The van der Waals surface area contributed by atoms with E-state index in [1.807, 2.05) is 13.0 Å². The van der Waals surface area contributed by atoms with Crippen molar-refractivity contribution >= 4 is 35.1 Å². The van der Waals surface area contributed by atoms with Gasteiger partial charge in [-0.3, -0.25) is 14.5 Å². The summed E-state index contributed by atoms with van der Waals surface area (Å²) in [6, 6.07) is 5.80. The predicted molar refractivity (Wildman–Crippen MR) is 93.0 cm³/mol. The molecule has 132 valence electrons. The van der Waals surface area contributed by atoms with E-state index in [0.29, 0.717) is 17.7 Å². The average Bonchev–Trinajstić information content (AvgIpc) is 2.77. The summed E-state index contributed by atoms with van der Waals surface area (Å²) in [6.45, 7) is 3.28. The number of anilines is 1. The standard InChI is InChI=1S/C17H19ClN4O3/c1-3-4-7-17(2)15(24)22(16(25)21-17)10-14(23)20-12-6-5-11(9-19)13(18)8-12/h5-6,8H,3-4,7,10H2,1-2H3,(H,20,23)(H,21,25)/t17-/m0/s1. The third-order valence-electron chi connectivity index (χ3n) is 4.05. The summed E-state index contributed by atoms with van der Waals surface area (Å²) in [6.07, 6.45) is 2.22. The van der Waals surface area contributed by atoms with Crippen LogP contribution in [0.15, 0.2) is 18.2 Å². The van der Waals surface area contributed by atoms with Gasteiger partial charge in [-0.2, -0.15) is 5.26 Å². The Morgan fingerprint density at radius 2 is 2.16 bits per heavy atom. The molecule has 0 radical (unpaired) electrons. The van der Waals surface area contributed by atoms with Gasteiger partial charge in [0.05, 0.1) is 10.6 Å². The summed E-state index contributed by atoms with van der Waals surface area (Å²) in [5.74, 6) is -0.928. The molecule has 7 nitrogen and oxygen atoms in total. The molecule has 1 fully saturated rings. The lowest BCUT2D eigenvalue weighted by Crippen LogP contribution is -2.44. The Labute approximate surface area is 150 Å². The first kappa shape index (κ1) is 18.7. The zero-order valence-corrected chi connectivity index (χ0v) is 14.8. The van der Waals surface area contributed by atoms with Crippen molar-refractivity contribution in [2.75, 3.05) is 11.9 Å². The van der Waals surface area contributed by atoms with Gasteiger partial charge in [0.2, 0.25) is 5.91 Å². The SMILES string of the molecule is CCCC[C@]1(C)NC(=O)N(CC(=O)Nc2ccc(C#N)c(Cl)c2)C1=O. The maximum atomic E-state index is 12.5. The smallest absolute Gasteiger partial charge is 0.324 e. The maximum absolute atomic E-state index is 12.5. The van der Waals surface area contributed by atoms with Crippen molar-refractivity contribution in [2.24, 2.45) is 0 Å². The van der Waals surface area contributed by atoms with Crippen LogP contribution in [-0.2, 0) is 9.59 Å². The number of nitrogens with zero attached hydrogens (tertiary/aromatic N) is 2. The highest BCUT2D eigenvalue weighted by atomic mass is 35.5. The first-order valence-electron chi connectivity index (χ1n) is 7.94. The van der Waals surface area contributed by atoms with Crippen molar-refractivity contribution in [2.45, 2.75) is 38.6 Å². The summed E-state index contributed by atoms with van der Waals surface area (Å²) < 4.78 is 0. The lowest BCUT2D eigenvalue weighted by Gasteiger charge is -2.21. The van der Waals surface area contributed by atoms with Gasteiger partial charge in [0, 0.05) is 5.69 Å². The topological polar surface area (TPSA) is 102 Å². The van der Waals surface area contributed by atoms with E-state index >= 15 is 0 Å². The molecule has 1 aromatic carbocycles. The monoisotopic (exact) mass is 362 g/mol. The Morgan fingerprint density at radius 1 is 1.44 bits per heavy atom. The summed E-state index contributed by atoms with van der Waals surface area (Å²) in [7, 11) is 0. The van der Waals surface area contributed by atoms with Gasteiger partial charge >= 0.3 is 6.03 Å². The molecule has 0 aliphatic carbocycles. The number of carbonyl (C=O) groups excluding carboxylic acids is 3. The van der Waals surface area contributed by atoms with E-state index in [9.17, 15) is 14.4 Å². The van der Waals surface area contributed by atoms with Crippen LogP contribution >= 0.6 is 11.6 Å². The Balaban J connectivity index is 2.03. The third-order valence-corrected chi connectivity index (χ3v) is 4.36. The number of imide groups is 1. The summed E-state index contributed by atoms with van der Waals surface area (Å²) in [5, 5.41) is 14.3. The highest BCUT2D eigenvalue weighted by Gasteiger charge is 2.47. The van der Waals surface area contributed by atoms with Crippen LogP contribution in [0.1, 0.15) is 38.7 Å². The van der Waals surface area contributed by atoms with Crippen LogP contribution in [0, 0.1) is 11.3 Å². The fourth-order valence-electron chi connectivity index (χ4n) is 2.62. The molecule has 0 aromatic heterocycles. The number of rotatable bonds is 6. The van der Waals surface area contributed by atoms with Crippen LogP contribution in [0.3, 0.4) is 0 Å². The van der Waals surface area contributed by atoms with Crippen molar-refractivity contribution in [1.82, 2.24) is 10.2 Å². The quantitative estimate of drug-likeness (QED) is 0.759. The van der Waals surface area contributed by atoms with Crippen molar-refractivity contribution in [3.63, 3.8) is 0 Å². The van der Waals surface area contributed by atoms with Crippen LogP contribution in [0.4, 0.5) is 10.5 Å². The molecule has 1 heterocycles. The molecule has 0 saturated carbocycles. The Morgan fingerprint density at radius 3 is 2.76 bits per heavy atom. The molecule has 1 aromatic rings. The van der Waals surface area contributed by atoms with E-state index in [0.717, 1.165) is 17.7 Å². The van der Waals surface area contributed by atoms with E-state index in [1.165, 1.54) is 18.2 Å². The normalized spacial score (nSPS) is 19.5. The molecule has 1 saturated heterocycles. The fraction of sp³-hybridized carbons (Fsp3) is 0.412. The summed E-state index contributed by atoms with van der Waals surface area (Å²) in [4.78, 5) is 37.6. The number of carbonyl (C=O) groups is 3. The second kappa shape index (κ2) is 7.53. The fourth-order valence-corrected chi connectivity index (χ4v) is 2.84. The lowest BCUT2D eigenvalue weighted by atomic mass is 9.95. The van der Waals surface area contributed by atoms with E-state index in [4.69, 9.17) is 16.9 Å². The number of hydrogen-bond acceptors (Lipinski definition) is 4. The molecule has 0 bridgehead atoms. The number of urea groups is 1. The van der Waals surface area contributed by atoms with Crippen molar-refractivity contribution in [3.8, 4) is 6.07 Å². The molecule has 2 N–H and O–H groups in total. The number of nitrogens with one attached hydrogen (secondary N) is 2. The lowest BCUT2D eigenvalue weighted by molar-refractivity contribution is -0.133. The number of halogens is 1. The Hall–Kier alpha value is -2.59. The Bertz CT molecular complexity index is 759. The largest absolute Gasteiger partial charge is 0.325 e. The number of hydrogen-bond donors (Lipinski definition) is 2. The van der Waals surface area contributed by atoms with Crippen LogP contribution < -0.4 is 10.6 Å². The van der Waals surface area contributed by atoms with Gasteiger partial charge in [-0.05, 0) is 31.5 Å². The van der Waals surface area contributed by atoms with E-state index in [-0.39, 0.29) is 11.6 Å². The minimum atomic E-state index is -0.967. The number of benzene rings is 1. The van der Waals surface area contributed by atoms with Crippen molar-refractivity contribution in [3.05, 3.63) is 28.8 Å². The van der Waals surface area contributed by atoms with Crippen LogP contribution in [0.5, 0.6) is 0 Å². The maximum Gasteiger partial charge on any atom is 0.325 e. The van der Waals surface area contributed by atoms with Gasteiger partial charge in [-0.15, -0.1) is 0 Å². The molecule has 8 heteroatoms. The molecule has 1 aliphatic heterocycles. The van der Waals surface area contributed by atoms with Gasteiger partial charge in [0.25, 0.3) is 5.91 Å². The first-order valence-corrected chi connectivity index (χ1v) is 8.32. The molecular formula is C17H19ClN4O3. The van der Waals surface area contributed by atoms with Crippen LogP contribution in [0.2, 0.25) is 5.02 Å². The molecule has 0 unspecified atom stereocenters. The highest BCUT2D eigenvalue weighted by molar-refractivity contribution is 6.32. The molecule has 2 rings (SSSR count). The summed E-state index contributed by atoms with van der Waals surface area (Å²) >= 11 is 5.91. The molecule has 1 atom stereocenters. The second-order valence-electron chi connectivity index (χ2n) is 6.11. The van der Waals surface area contributed by atoms with E-state index in [2.05, 4.69) is 10.6 Å². The molecular weight excluding hydrogens is 344 g/mol. The van der Waals surface area contributed by atoms with Gasteiger partial charge in [0.15, 0.2) is 0 Å². The van der Waals surface area contributed by atoms with Crippen LogP contribution in [-0.4, -0.2) is 34.8 Å². The van der Waals surface area contributed by atoms with Gasteiger partial charge in [-0.25, -0.2) is 4.79 Å². The van der Waals surface area contributed by atoms with Gasteiger partial charge in [-0.1, -0.05) is 31.4 Å². The highest BCUT2D eigenvalue weighted by Crippen LogP contribution is 2.24. The second-order valence-corrected chi connectivity index (χ2v) is 6.52. The van der Waals surface area contributed by atoms with Crippen molar-refractivity contribution in [1.29, 1.82) is 5.26 Å². The predicted octanol–water partition coefficient (Wildman–Crippen LogP) is 2.65. The van der Waals surface area contributed by atoms with E-state index in [1.54, 1.807) is 6.92 Å². The Kier molecular flexibility index (Phi) is 5.65. The minimum absolute atomic E-state index is 0.211. The zero-order valence-electron chi connectivity index (χ0n) is 14.1. The third kappa shape index (κ3) is 4.09. The van der Waals surface area contributed by atoms with Gasteiger partial charge in [0.1, 0.15) is 18.2 Å². The molecule has 1 aliphatic rings. The number of nitriles is 1. The molecule has 25 heavy (non-hydrogen) atoms.